The van der Waals surface area contributed by atoms with E-state index in [0.29, 0.717) is 25.7 Å². The number of ketones is 1. The molecule has 4 nitrogen and oxygen atoms in total. The van der Waals surface area contributed by atoms with Crippen molar-refractivity contribution in [1.82, 2.24) is 0 Å². The van der Waals surface area contributed by atoms with Crippen molar-refractivity contribution in [3.8, 4) is 0 Å². The molecule has 2 aliphatic carbocycles. The Bertz CT molecular complexity index is 295. The number of hydrogen-bond acceptors (Lipinski definition) is 3. The fourth-order valence-electron chi connectivity index (χ4n) is 3.39. The third-order valence-corrected chi connectivity index (χ3v) is 4.33. The van der Waals surface area contributed by atoms with Gasteiger partial charge in [-0.3, -0.25) is 14.9 Å². The van der Waals surface area contributed by atoms with Crippen LogP contribution in [0.1, 0.15) is 57.8 Å². The third-order valence-electron chi connectivity index (χ3n) is 4.33. The van der Waals surface area contributed by atoms with Crippen LogP contribution in [0.5, 0.6) is 0 Å². The second kappa shape index (κ2) is 4.52. The molecule has 0 bridgehead atoms. The molecule has 0 N–H and O–H groups in total. The molecular weight excluding hydrogens is 206 g/mol. The van der Waals surface area contributed by atoms with Gasteiger partial charge in [0.15, 0.2) is 0 Å². The van der Waals surface area contributed by atoms with Gasteiger partial charge in [-0.1, -0.05) is 6.42 Å². The molecule has 2 rings (SSSR count). The highest BCUT2D eigenvalue weighted by Gasteiger charge is 2.51. The fraction of sp³-hybridized carbons (Fsp3) is 0.917. The Kier molecular flexibility index (Phi) is 3.26. The minimum atomic E-state index is -0.770. The van der Waals surface area contributed by atoms with Crippen LogP contribution in [0.25, 0.3) is 0 Å². The Hall–Kier alpha value is -0.930. The van der Waals surface area contributed by atoms with E-state index in [1.807, 2.05) is 0 Å². The van der Waals surface area contributed by atoms with E-state index in [4.69, 9.17) is 0 Å². The summed E-state index contributed by atoms with van der Waals surface area (Å²) in [5.41, 5.74) is -0.770. The van der Waals surface area contributed by atoms with Gasteiger partial charge in [0.25, 0.3) is 0 Å². The standard InChI is InChI=1S/C12H19NO3/c14-11-6-4-5-10(9-11)12(13(15)16)7-2-1-3-8-12/h10H,1-9H2. The van der Waals surface area contributed by atoms with Gasteiger partial charge in [0.1, 0.15) is 5.78 Å². The van der Waals surface area contributed by atoms with E-state index in [9.17, 15) is 14.9 Å². The SMILES string of the molecule is O=C1CCCC(C2([N+](=O)[O-])CCCCC2)C1. The lowest BCUT2D eigenvalue weighted by Gasteiger charge is -2.37. The lowest BCUT2D eigenvalue weighted by molar-refractivity contribution is -0.586. The van der Waals surface area contributed by atoms with Crippen molar-refractivity contribution in [2.45, 2.75) is 63.3 Å². The molecule has 0 aliphatic heterocycles. The highest BCUT2D eigenvalue weighted by Crippen LogP contribution is 2.42. The Balaban J connectivity index is 2.17. The lowest BCUT2D eigenvalue weighted by atomic mass is 9.67. The van der Waals surface area contributed by atoms with Crippen molar-refractivity contribution < 1.29 is 9.72 Å². The molecule has 0 amide bonds. The Morgan fingerprint density at radius 3 is 2.44 bits per heavy atom. The first-order valence-electron chi connectivity index (χ1n) is 6.31. The molecule has 1 atom stereocenters. The van der Waals surface area contributed by atoms with E-state index in [0.717, 1.165) is 32.1 Å². The zero-order chi connectivity index (χ0) is 11.6. The van der Waals surface area contributed by atoms with Crippen molar-refractivity contribution in [2.75, 3.05) is 0 Å². The molecule has 16 heavy (non-hydrogen) atoms. The van der Waals surface area contributed by atoms with Gasteiger partial charge in [-0.25, -0.2) is 0 Å². The smallest absolute Gasteiger partial charge is 0.225 e. The van der Waals surface area contributed by atoms with E-state index in [2.05, 4.69) is 0 Å². The zero-order valence-electron chi connectivity index (χ0n) is 9.61. The molecular formula is C12H19NO3. The maximum atomic E-state index is 11.5. The molecule has 0 aromatic rings. The van der Waals surface area contributed by atoms with Crippen LogP contribution in [-0.2, 0) is 4.79 Å². The summed E-state index contributed by atoms with van der Waals surface area (Å²) in [7, 11) is 0. The van der Waals surface area contributed by atoms with Crippen molar-refractivity contribution in [2.24, 2.45) is 5.92 Å². The molecule has 1 unspecified atom stereocenters. The summed E-state index contributed by atoms with van der Waals surface area (Å²) in [5.74, 6) is 0.229. The number of Topliss-reactive ketones (excluding diaryl/α,β-unsaturated/α-hetero) is 1. The molecule has 0 radical (unpaired) electrons. The van der Waals surface area contributed by atoms with Crippen LogP contribution in [0.15, 0.2) is 0 Å². The summed E-state index contributed by atoms with van der Waals surface area (Å²) in [6.45, 7) is 0. The van der Waals surface area contributed by atoms with Gasteiger partial charge in [-0.15, -0.1) is 0 Å². The van der Waals surface area contributed by atoms with Gasteiger partial charge < -0.3 is 0 Å². The van der Waals surface area contributed by atoms with Gasteiger partial charge in [0.05, 0.1) is 0 Å². The predicted molar refractivity (Wildman–Crippen MR) is 59.8 cm³/mol. The van der Waals surface area contributed by atoms with Crippen molar-refractivity contribution in [1.29, 1.82) is 0 Å². The zero-order valence-corrected chi connectivity index (χ0v) is 9.61. The van der Waals surface area contributed by atoms with Crippen LogP contribution < -0.4 is 0 Å². The number of nitrogens with zero attached hydrogens (tertiary/aromatic N) is 1. The molecule has 0 spiro atoms. The first kappa shape index (κ1) is 11.6. The third kappa shape index (κ3) is 1.97. The Morgan fingerprint density at radius 2 is 1.88 bits per heavy atom. The average molecular weight is 225 g/mol. The molecule has 0 saturated heterocycles. The topological polar surface area (TPSA) is 60.2 Å². The molecule has 0 heterocycles. The van der Waals surface area contributed by atoms with Crippen LogP contribution in [-0.4, -0.2) is 16.2 Å². The molecule has 0 aromatic carbocycles. The first-order valence-corrected chi connectivity index (χ1v) is 6.31. The summed E-state index contributed by atoms with van der Waals surface area (Å²) in [5, 5.41) is 11.4. The second-order valence-electron chi connectivity index (χ2n) is 5.25. The molecule has 90 valence electrons. The largest absolute Gasteiger partial charge is 0.300 e. The lowest BCUT2D eigenvalue weighted by Crippen LogP contribution is -2.48. The minimum Gasteiger partial charge on any atom is -0.300 e. The van der Waals surface area contributed by atoms with Gasteiger partial charge in [-0.2, -0.15) is 0 Å². The summed E-state index contributed by atoms with van der Waals surface area (Å²) >= 11 is 0. The molecule has 2 fully saturated rings. The van der Waals surface area contributed by atoms with Crippen LogP contribution in [0.2, 0.25) is 0 Å². The van der Waals surface area contributed by atoms with Crippen LogP contribution in [0, 0.1) is 16.0 Å². The highest BCUT2D eigenvalue weighted by molar-refractivity contribution is 5.79. The molecule has 2 aliphatic rings. The number of rotatable bonds is 2. The highest BCUT2D eigenvalue weighted by atomic mass is 16.6. The fourth-order valence-corrected chi connectivity index (χ4v) is 3.39. The summed E-state index contributed by atoms with van der Waals surface area (Å²) < 4.78 is 0. The number of nitro groups is 1. The van der Waals surface area contributed by atoms with E-state index in [1.54, 1.807) is 0 Å². The van der Waals surface area contributed by atoms with E-state index >= 15 is 0 Å². The number of carbonyl (C=O) groups excluding carboxylic acids is 1. The van der Waals surface area contributed by atoms with Crippen LogP contribution >= 0.6 is 0 Å². The number of carbonyl (C=O) groups is 1. The van der Waals surface area contributed by atoms with Crippen molar-refractivity contribution in [3.05, 3.63) is 10.1 Å². The summed E-state index contributed by atoms with van der Waals surface area (Å²) in [6, 6.07) is 0. The average Bonchev–Trinajstić information content (AvgIpc) is 2.30. The van der Waals surface area contributed by atoms with E-state index in [1.165, 1.54) is 0 Å². The summed E-state index contributed by atoms with van der Waals surface area (Å²) in [6.07, 6.45) is 7.15. The maximum absolute atomic E-state index is 11.5. The molecule has 0 aromatic heterocycles. The van der Waals surface area contributed by atoms with E-state index < -0.39 is 5.54 Å². The van der Waals surface area contributed by atoms with Crippen LogP contribution in [0.4, 0.5) is 0 Å². The van der Waals surface area contributed by atoms with Gasteiger partial charge in [0.2, 0.25) is 5.54 Å². The van der Waals surface area contributed by atoms with Gasteiger partial charge in [0, 0.05) is 36.5 Å². The normalized spacial score (nSPS) is 30.0. The quantitative estimate of drug-likeness (QED) is 0.536. The van der Waals surface area contributed by atoms with Gasteiger partial charge in [-0.05, 0) is 25.7 Å². The molecule has 2 saturated carbocycles. The minimum absolute atomic E-state index is 0.00375. The Labute approximate surface area is 95.6 Å². The van der Waals surface area contributed by atoms with Crippen LogP contribution in [0.3, 0.4) is 0 Å². The van der Waals surface area contributed by atoms with Gasteiger partial charge >= 0.3 is 0 Å². The Morgan fingerprint density at radius 1 is 1.19 bits per heavy atom. The predicted octanol–water partition coefficient (Wildman–Crippen LogP) is 2.73. The van der Waals surface area contributed by atoms with E-state index in [-0.39, 0.29) is 16.6 Å². The van der Waals surface area contributed by atoms with Crippen molar-refractivity contribution >= 4 is 5.78 Å². The first-order chi connectivity index (χ1) is 7.65. The monoisotopic (exact) mass is 225 g/mol. The van der Waals surface area contributed by atoms with Crippen molar-refractivity contribution in [3.63, 3.8) is 0 Å². The second-order valence-corrected chi connectivity index (χ2v) is 5.25. The maximum Gasteiger partial charge on any atom is 0.225 e. The summed E-state index contributed by atoms with van der Waals surface area (Å²) in [4.78, 5) is 22.8. The molecule has 4 heteroatoms. The number of hydrogen-bond donors (Lipinski definition) is 0.